The summed E-state index contributed by atoms with van der Waals surface area (Å²) in [4.78, 5) is 17.4. The van der Waals surface area contributed by atoms with Crippen LogP contribution in [0.1, 0.15) is 55.6 Å². The number of fused-ring (bicyclic) bond motifs is 3. The van der Waals surface area contributed by atoms with Crippen molar-refractivity contribution in [3.8, 4) is 0 Å². The number of amides is 1. The van der Waals surface area contributed by atoms with E-state index in [-0.39, 0.29) is 5.91 Å². The minimum Gasteiger partial charge on any atom is -0.352 e. The lowest BCUT2D eigenvalue weighted by molar-refractivity contribution is 0.0952. The van der Waals surface area contributed by atoms with Crippen LogP contribution in [0.4, 0.5) is 0 Å². The van der Waals surface area contributed by atoms with Gasteiger partial charge in [-0.05, 0) is 31.9 Å². The van der Waals surface area contributed by atoms with E-state index in [0.29, 0.717) is 12.1 Å². The number of nitrogens with zero attached hydrogens (tertiary/aromatic N) is 2. The summed E-state index contributed by atoms with van der Waals surface area (Å²) >= 11 is 0. The molecule has 0 unspecified atom stereocenters. The first kappa shape index (κ1) is 17.5. The molecule has 0 radical (unpaired) electrons. The number of aryl methyl sites for hydroxylation is 2. The molecule has 1 N–H and O–H groups in total. The van der Waals surface area contributed by atoms with Crippen LogP contribution in [0.5, 0.6) is 0 Å². The maximum atomic E-state index is 12.5. The second kappa shape index (κ2) is 7.68. The van der Waals surface area contributed by atoms with E-state index < -0.39 is 0 Å². The summed E-state index contributed by atoms with van der Waals surface area (Å²) in [6, 6.07) is 10.4. The van der Waals surface area contributed by atoms with Crippen LogP contribution in [0.3, 0.4) is 0 Å². The van der Waals surface area contributed by atoms with E-state index in [1.54, 1.807) is 0 Å². The fraction of sp³-hybridized carbons (Fsp3) is 0.429. The number of nitrogens with one attached hydrogen (secondary N) is 1. The van der Waals surface area contributed by atoms with Gasteiger partial charge in [-0.2, -0.15) is 0 Å². The van der Waals surface area contributed by atoms with Crippen molar-refractivity contribution in [3.05, 3.63) is 41.6 Å². The van der Waals surface area contributed by atoms with Gasteiger partial charge in [-0.3, -0.25) is 4.79 Å². The zero-order valence-electron chi connectivity index (χ0n) is 15.4. The van der Waals surface area contributed by atoms with Gasteiger partial charge >= 0.3 is 0 Å². The first-order chi connectivity index (χ1) is 12.2. The van der Waals surface area contributed by atoms with Gasteiger partial charge in [0.25, 0.3) is 5.91 Å². The molecule has 0 aliphatic carbocycles. The molecule has 1 amide bonds. The van der Waals surface area contributed by atoms with Crippen molar-refractivity contribution < 1.29 is 4.79 Å². The molecule has 0 bridgehead atoms. The van der Waals surface area contributed by atoms with Crippen LogP contribution in [0.25, 0.3) is 21.9 Å². The van der Waals surface area contributed by atoms with Gasteiger partial charge in [-0.25, -0.2) is 4.98 Å². The molecule has 4 nitrogen and oxygen atoms in total. The number of benzene rings is 1. The summed E-state index contributed by atoms with van der Waals surface area (Å²) in [6.07, 6.45) is 4.33. The molecular formula is C21H27N3O. The largest absolute Gasteiger partial charge is 0.352 e. The molecule has 2 aromatic heterocycles. The van der Waals surface area contributed by atoms with Crippen molar-refractivity contribution >= 4 is 27.8 Å². The molecular weight excluding hydrogens is 310 g/mol. The Hall–Kier alpha value is -2.36. The molecule has 3 aromatic rings. The first-order valence-corrected chi connectivity index (χ1v) is 9.34. The van der Waals surface area contributed by atoms with Crippen LogP contribution in [0.15, 0.2) is 30.3 Å². The van der Waals surface area contributed by atoms with Crippen LogP contribution in [-0.2, 0) is 6.54 Å². The van der Waals surface area contributed by atoms with Crippen LogP contribution in [-0.4, -0.2) is 22.0 Å². The van der Waals surface area contributed by atoms with Gasteiger partial charge in [0, 0.05) is 23.9 Å². The smallest absolute Gasteiger partial charge is 0.253 e. The highest BCUT2D eigenvalue weighted by Crippen LogP contribution is 2.29. The van der Waals surface area contributed by atoms with Crippen molar-refractivity contribution in [2.45, 2.75) is 53.0 Å². The number of rotatable bonds is 7. The van der Waals surface area contributed by atoms with Crippen molar-refractivity contribution in [3.63, 3.8) is 0 Å². The van der Waals surface area contributed by atoms with E-state index in [0.717, 1.165) is 49.0 Å². The monoisotopic (exact) mass is 337 g/mol. The minimum atomic E-state index is -0.0225. The van der Waals surface area contributed by atoms with Crippen molar-refractivity contribution in [1.82, 2.24) is 14.9 Å². The molecule has 0 saturated heterocycles. The van der Waals surface area contributed by atoms with Gasteiger partial charge in [0.15, 0.2) is 0 Å². The zero-order valence-corrected chi connectivity index (χ0v) is 15.4. The van der Waals surface area contributed by atoms with Gasteiger partial charge in [0.05, 0.1) is 16.8 Å². The molecule has 0 spiro atoms. The third-order valence-electron chi connectivity index (χ3n) is 4.73. The quantitative estimate of drug-likeness (QED) is 0.628. The minimum absolute atomic E-state index is 0.0225. The second-order valence-corrected chi connectivity index (χ2v) is 6.62. The molecule has 2 heterocycles. The second-order valence-electron chi connectivity index (χ2n) is 6.62. The molecule has 0 atom stereocenters. The van der Waals surface area contributed by atoms with E-state index >= 15 is 0 Å². The SMILES string of the molecule is CCCCNC(=O)c1cc2c3ccccc3n(CCCC)c2nc1C. The van der Waals surface area contributed by atoms with Crippen molar-refractivity contribution in [1.29, 1.82) is 0 Å². The average molecular weight is 337 g/mol. The van der Waals surface area contributed by atoms with E-state index in [1.807, 2.05) is 19.1 Å². The molecule has 0 fully saturated rings. The van der Waals surface area contributed by atoms with E-state index in [2.05, 4.69) is 41.9 Å². The fourth-order valence-electron chi connectivity index (χ4n) is 3.29. The van der Waals surface area contributed by atoms with E-state index in [1.165, 1.54) is 10.9 Å². The number of aromatic nitrogens is 2. The Bertz CT molecular complexity index is 895. The van der Waals surface area contributed by atoms with Crippen LogP contribution < -0.4 is 5.32 Å². The van der Waals surface area contributed by atoms with Gasteiger partial charge in [-0.15, -0.1) is 0 Å². The Balaban J connectivity index is 2.10. The van der Waals surface area contributed by atoms with Crippen LogP contribution >= 0.6 is 0 Å². The summed E-state index contributed by atoms with van der Waals surface area (Å²) in [7, 11) is 0. The lowest BCUT2D eigenvalue weighted by atomic mass is 10.1. The number of unbranched alkanes of at least 4 members (excludes halogenated alkanes) is 2. The Kier molecular flexibility index (Phi) is 5.37. The Morgan fingerprint density at radius 3 is 2.64 bits per heavy atom. The van der Waals surface area contributed by atoms with E-state index in [4.69, 9.17) is 4.98 Å². The standard InChI is InChI=1S/C21H27N3O/c1-4-6-12-22-21(25)17-14-18-16-10-8-9-11-19(16)24(13-7-5-2)20(18)23-15(17)3/h8-11,14H,4-7,12-13H2,1-3H3,(H,22,25). The topological polar surface area (TPSA) is 46.9 Å². The maximum absolute atomic E-state index is 12.5. The third kappa shape index (κ3) is 3.39. The summed E-state index contributed by atoms with van der Waals surface area (Å²) in [5, 5.41) is 5.25. The zero-order chi connectivity index (χ0) is 17.8. The summed E-state index contributed by atoms with van der Waals surface area (Å²) in [5.74, 6) is -0.0225. The molecule has 0 saturated carbocycles. The van der Waals surface area contributed by atoms with Gasteiger partial charge < -0.3 is 9.88 Å². The fourth-order valence-corrected chi connectivity index (χ4v) is 3.29. The molecule has 3 rings (SSSR count). The number of carbonyl (C=O) groups excluding carboxylic acids is 1. The normalized spacial score (nSPS) is 11.3. The number of hydrogen-bond donors (Lipinski definition) is 1. The average Bonchev–Trinajstić information content (AvgIpc) is 2.92. The van der Waals surface area contributed by atoms with Gasteiger partial charge in [0.2, 0.25) is 0 Å². The summed E-state index contributed by atoms with van der Waals surface area (Å²) in [5.41, 5.74) is 3.66. The lowest BCUT2D eigenvalue weighted by Gasteiger charge is -2.09. The number of hydrogen-bond acceptors (Lipinski definition) is 2. The highest BCUT2D eigenvalue weighted by Gasteiger charge is 2.17. The van der Waals surface area contributed by atoms with Crippen LogP contribution in [0.2, 0.25) is 0 Å². The van der Waals surface area contributed by atoms with Crippen LogP contribution in [0, 0.1) is 6.92 Å². The number of para-hydroxylation sites is 1. The highest BCUT2D eigenvalue weighted by atomic mass is 16.1. The Morgan fingerprint density at radius 2 is 1.88 bits per heavy atom. The van der Waals surface area contributed by atoms with E-state index in [9.17, 15) is 4.79 Å². The number of carbonyl (C=O) groups is 1. The molecule has 1 aromatic carbocycles. The Morgan fingerprint density at radius 1 is 1.12 bits per heavy atom. The summed E-state index contributed by atoms with van der Waals surface area (Å²) in [6.45, 7) is 7.91. The molecule has 4 heteroatoms. The lowest BCUT2D eigenvalue weighted by Crippen LogP contribution is -2.25. The predicted molar refractivity (Wildman–Crippen MR) is 104 cm³/mol. The molecule has 0 aliphatic rings. The molecule has 25 heavy (non-hydrogen) atoms. The van der Waals surface area contributed by atoms with Crippen molar-refractivity contribution in [2.24, 2.45) is 0 Å². The highest BCUT2D eigenvalue weighted by molar-refractivity contribution is 6.09. The maximum Gasteiger partial charge on any atom is 0.253 e. The van der Waals surface area contributed by atoms with Gasteiger partial charge in [0.1, 0.15) is 5.65 Å². The van der Waals surface area contributed by atoms with Crippen molar-refractivity contribution in [2.75, 3.05) is 6.54 Å². The first-order valence-electron chi connectivity index (χ1n) is 9.34. The Labute approximate surface area is 149 Å². The number of pyridine rings is 1. The third-order valence-corrected chi connectivity index (χ3v) is 4.73. The summed E-state index contributed by atoms with van der Waals surface area (Å²) < 4.78 is 2.29. The predicted octanol–water partition coefficient (Wildman–Crippen LogP) is 4.83. The molecule has 0 aliphatic heterocycles. The van der Waals surface area contributed by atoms with Gasteiger partial charge in [-0.1, -0.05) is 44.9 Å². The molecule has 132 valence electrons.